The molecule has 0 unspecified atom stereocenters. The summed E-state index contributed by atoms with van der Waals surface area (Å²) in [6, 6.07) is 19.0. The van der Waals surface area contributed by atoms with Crippen LogP contribution in [0.15, 0.2) is 60.7 Å². The number of rotatable bonds is 7. The minimum atomic E-state index is -1.00. The van der Waals surface area contributed by atoms with E-state index in [2.05, 4.69) is 0 Å². The minimum absolute atomic E-state index is 0.143. The van der Waals surface area contributed by atoms with Crippen molar-refractivity contribution in [3.63, 3.8) is 0 Å². The van der Waals surface area contributed by atoms with Crippen LogP contribution in [0.2, 0.25) is 5.02 Å². The summed E-state index contributed by atoms with van der Waals surface area (Å²) in [4.78, 5) is 12.7. The number of hydrogen-bond donors (Lipinski definition) is 1. The lowest BCUT2D eigenvalue weighted by atomic mass is 9.90. The van der Waals surface area contributed by atoms with Crippen molar-refractivity contribution in [1.29, 1.82) is 0 Å². The fourth-order valence-corrected chi connectivity index (χ4v) is 5.74. The van der Waals surface area contributed by atoms with E-state index in [-0.39, 0.29) is 19.0 Å². The molecule has 4 aromatic rings. The molecule has 2 aliphatic rings. The number of fused-ring (bicyclic) bond motifs is 2. The lowest BCUT2D eigenvalue weighted by Gasteiger charge is -2.21. The predicted octanol–water partition coefficient (Wildman–Crippen LogP) is 7.40. The summed E-state index contributed by atoms with van der Waals surface area (Å²) < 4.78 is 19.0. The Morgan fingerprint density at radius 3 is 2.51 bits per heavy atom. The van der Waals surface area contributed by atoms with Gasteiger partial charge in [-0.3, -0.25) is 0 Å². The van der Waals surface area contributed by atoms with Crippen LogP contribution in [-0.2, 0) is 6.54 Å². The van der Waals surface area contributed by atoms with Gasteiger partial charge >= 0.3 is 5.97 Å². The van der Waals surface area contributed by atoms with E-state index < -0.39 is 5.97 Å². The maximum absolute atomic E-state index is 12.7. The molecule has 1 aromatic heterocycles. The number of hydrogen-bond acceptors (Lipinski definition) is 4. The van der Waals surface area contributed by atoms with E-state index in [0.29, 0.717) is 34.6 Å². The highest BCUT2D eigenvalue weighted by atomic mass is 35.5. The monoisotopic (exact) mass is 517 g/mol. The van der Waals surface area contributed by atoms with E-state index in [9.17, 15) is 9.90 Å². The van der Waals surface area contributed by atoms with Crippen molar-refractivity contribution in [2.45, 2.75) is 38.6 Å². The van der Waals surface area contributed by atoms with Crippen molar-refractivity contribution in [3.05, 3.63) is 76.9 Å². The molecule has 1 N–H and O–H groups in total. The van der Waals surface area contributed by atoms with Crippen molar-refractivity contribution in [3.8, 4) is 28.4 Å². The van der Waals surface area contributed by atoms with E-state index >= 15 is 0 Å². The quantitative estimate of drug-likeness (QED) is 0.276. The van der Waals surface area contributed by atoms with E-state index in [4.69, 9.17) is 25.8 Å². The molecule has 1 saturated carbocycles. The maximum Gasteiger partial charge on any atom is 0.353 e. The number of nitrogens with zero attached hydrogens (tertiary/aromatic N) is 1. The fraction of sp³-hybridized carbons (Fsp3) is 0.300. The summed E-state index contributed by atoms with van der Waals surface area (Å²) in [5.41, 5.74) is 3.27. The number of carbonyl (C=O) groups is 1. The summed E-state index contributed by atoms with van der Waals surface area (Å²) in [5, 5.41) is 11.8. The third-order valence-corrected chi connectivity index (χ3v) is 7.73. The topological polar surface area (TPSA) is 69.9 Å². The van der Waals surface area contributed by atoms with Crippen molar-refractivity contribution in [2.75, 3.05) is 13.4 Å². The Morgan fingerprint density at radius 1 is 1.00 bits per heavy atom. The van der Waals surface area contributed by atoms with E-state index in [1.165, 1.54) is 32.1 Å². The largest absolute Gasteiger partial charge is 0.493 e. The second-order valence-electron chi connectivity index (χ2n) is 9.77. The molecule has 1 aliphatic carbocycles. The molecule has 0 amide bonds. The molecule has 190 valence electrons. The predicted molar refractivity (Wildman–Crippen MR) is 143 cm³/mol. The van der Waals surface area contributed by atoms with Crippen LogP contribution in [0, 0.1) is 5.92 Å². The molecule has 2 heterocycles. The van der Waals surface area contributed by atoms with Crippen LogP contribution in [0.3, 0.4) is 0 Å². The number of carboxylic acid groups (broad SMARTS) is 1. The molecule has 3 aromatic carbocycles. The molecule has 0 spiro atoms. The van der Waals surface area contributed by atoms with Crippen molar-refractivity contribution in [2.24, 2.45) is 5.92 Å². The summed E-state index contributed by atoms with van der Waals surface area (Å²) in [6.07, 6.45) is 6.24. The zero-order valence-electron chi connectivity index (χ0n) is 20.4. The van der Waals surface area contributed by atoms with Gasteiger partial charge in [0.1, 0.15) is 11.4 Å². The Kier molecular flexibility index (Phi) is 6.43. The molecular weight excluding hydrogens is 490 g/mol. The Hall–Kier alpha value is -3.64. The van der Waals surface area contributed by atoms with E-state index in [0.717, 1.165) is 27.8 Å². The molecule has 0 radical (unpaired) electrons. The van der Waals surface area contributed by atoms with Gasteiger partial charge in [0.25, 0.3) is 0 Å². The summed E-state index contributed by atoms with van der Waals surface area (Å²) in [5.74, 6) is 1.52. The Balaban J connectivity index is 1.46. The summed E-state index contributed by atoms with van der Waals surface area (Å²) in [7, 11) is 0. The number of halogens is 1. The normalized spacial score (nSPS) is 15.3. The third-order valence-electron chi connectivity index (χ3n) is 7.38. The van der Waals surface area contributed by atoms with Gasteiger partial charge in [0.15, 0.2) is 11.5 Å². The molecule has 0 atom stereocenters. The summed E-state index contributed by atoms with van der Waals surface area (Å²) >= 11 is 6.59. The lowest BCUT2D eigenvalue weighted by molar-refractivity contribution is 0.0687. The van der Waals surface area contributed by atoms with Gasteiger partial charge in [0.05, 0.1) is 13.2 Å². The van der Waals surface area contributed by atoms with Gasteiger partial charge in [-0.15, -0.1) is 0 Å². The highest BCUT2D eigenvalue weighted by molar-refractivity contribution is 6.31. The second-order valence-corrected chi connectivity index (χ2v) is 10.2. The molecule has 6 nitrogen and oxygen atoms in total. The Labute approximate surface area is 220 Å². The minimum Gasteiger partial charge on any atom is -0.493 e. The first kappa shape index (κ1) is 23.7. The first-order valence-corrected chi connectivity index (χ1v) is 13.1. The second kappa shape index (κ2) is 10.0. The van der Waals surface area contributed by atoms with E-state index in [1.807, 2.05) is 59.2 Å². The molecule has 6 rings (SSSR count). The fourth-order valence-electron chi connectivity index (χ4n) is 5.53. The molecule has 37 heavy (non-hydrogen) atoms. The van der Waals surface area contributed by atoms with E-state index in [1.54, 1.807) is 6.07 Å². The first-order chi connectivity index (χ1) is 18.1. The van der Waals surface area contributed by atoms with Crippen LogP contribution in [0.25, 0.3) is 22.0 Å². The van der Waals surface area contributed by atoms with Gasteiger partial charge < -0.3 is 23.9 Å². The third kappa shape index (κ3) is 4.62. The Bertz CT molecular complexity index is 1460. The maximum atomic E-state index is 12.7. The molecule has 0 bridgehead atoms. The van der Waals surface area contributed by atoms with Crippen LogP contribution in [0.5, 0.6) is 17.2 Å². The summed E-state index contributed by atoms with van der Waals surface area (Å²) in [6.45, 7) is 1.10. The van der Waals surface area contributed by atoms with Crippen LogP contribution >= 0.6 is 11.6 Å². The average Bonchev–Trinajstić information content (AvgIpc) is 3.50. The number of aromatic nitrogens is 1. The SMILES string of the molecule is O=C(O)c1c(-c2ccccc2)c2cc(OCC3CCCCC3)ccc2n1Cc1cc2c(cc1Cl)OCO2. The van der Waals surface area contributed by atoms with Crippen LogP contribution in [0.1, 0.15) is 48.2 Å². The van der Waals surface area contributed by atoms with Crippen LogP contribution in [-0.4, -0.2) is 29.0 Å². The van der Waals surface area contributed by atoms with Gasteiger partial charge in [-0.2, -0.15) is 0 Å². The molecule has 1 fully saturated rings. The molecular formula is C30H28ClNO5. The molecule has 1 aliphatic heterocycles. The van der Waals surface area contributed by atoms with Crippen molar-refractivity contribution < 1.29 is 24.1 Å². The zero-order chi connectivity index (χ0) is 25.4. The van der Waals surface area contributed by atoms with Crippen LogP contribution < -0.4 is 14.2 Å². The Morgan fingerprint density at radius 2 is 1.76 bits per heavy atom. The first-order valence-electron chi connectivity index (χ1n) is 12.7. The molecule has 7 heteroatoms. The smallest absolute Gasteiger partial charge is 0.353 e. The highest BCUT2D eigenvalue weighted by Gasteiger charge is 2.26. The zero-order valence-corrected chi connectivity index (χ0v) is 21.2. The average molecular weight is 518 g/mol. The van der Waals surface area contributed by atoms with Crippen LogP contribution in [0.4, 0.5) is 0 Å². The number of carboxylic acids is 1. The van der Waals surface area contributed by atoms with Gasteiger partial charge in [-0.05, 0) is 54.2 Å². The van der Waals surface area contributed by atoms with Gasteiger partial charge in [0.2, 0.25) is 6.79 Å². The highest BCUT2D eigenvalue weighted by Crippen LogP contribution is 2.41. The van der Waals surface area contributed by atoms with Crippen molar-refractivity contribution in [1.82, 2.24) is 4.57 Å². The number of aromatic carboxylic acids is 1. The van der Waals surface area contributed by atoms with Gasteiger partial charge in [0, 0.05) is 27.6 Å². The van der Waals surface area contributed by atoms with Crippen molar-refractivity contribution >= 4 is 28.5 Å². The van der Waals surface area contributed by atoms with Gasteiger partial charge in [-0.1, -0.05) is 61.2 Å². The lowest BCUT2D eigenvalue weighted by Crippen LogP contribution is -2.15. The standard InChI is InChI=1S/C30H28ClNO5/c31-24-15-27-26(36-18-37-27)13-21(24)16-32-25-12-11-22(35-17-19-7-3-1-4-8-19)14-23(25)28(29(32)30(33)34)20-9-5-2-6-10-20/h2,5-6,9-15,19H,1,3-4,7-8,16-18H2,(H,33,34). The molecule has 0 saturated heterocycles. The van der Waals surface area contributed by atoms with Gasteiger partial charge in [-0.25, -0.2) is 4.79 Å². The number of ether oxygens (including phenoxy) is 3. The number of benzene rings is 3.